The Balaban J connectivity index is 2.28. The zero-order valence-electron chi connectivity index (χ0n) is 10.6. The largest absolute Gasteiger partial charge is 0.465 e. The average molecular weight is 280 g/mol. The molecule has 0 fully saturated rings. The Hall–Kier alpha value is -2.01. The van der Waals surface area contributed by atoms with E-state index in [1.54, 1.807) is 32.2 Å². The van der Waals surface area contributed by atoms with Crippen molar-refractivity contribution in [2.45, 2.75) is 19.4 Å². The molecular formula is C13H14ClN3O2. The molecule has 0 unspecified atom stereocenters. The lowest BCUT2D eigenvalue weighted by Crippen LogP contribution is -2.40. The summed E-state index contributed by atoms with van der Waals surface area (Å²) in [7, 11) is 0. The van der Waals surface area contributed by atoms with E-state index in [1.165, 1.54) is 0 Å². The minimum Gasteiger partial charge on any atom is -0.465 e. The summed E-state index contributed by atoms with van der Waals surface area (Å²) in [5.74, 6) is 0.555. The second kappa shape index (κ2) is 4.93. The molecule has 0 atom stereocenters. The Morgan fingerprint density at radius 3 is 2.58 bits per heavy atom. The third-order valence-electron chi connectivity index (χ3n) is 2.74. The highest BCUT2D eigenvalue weighted by Crippen LogP contribution is 2.23. The Labute approximate surface area is 115 Å². The van der Waals surface area contributed by atoms with Gasteiger partial charge in [0.25, 0.3) is 0 Å². The summed E-state index contributed by atoms with van der Waals surface area (Å²) >= 11 is 5.83. The molecule has 0 spiro atoms. The number of nitrogens with one attached hydrogen (secondary N) is 2. The van der Waals surface area contributed by atoms with Gasteiger partial charge in [0.2, 0.25) is 0 Å². The molecule has 1 amide bonds. The number of carboxylic acid groups (broad SMARTS) is 1. The number of hydrogen-bond acceptors (Lipinski definition) is 2. The van der Waals surface area contributed by atoms with Crippen LogP contribution in [0.5, 0.6) is 0 Å². The van der Waals surface area contributed by atoms with Gasteiger partial charge in [0, 0.05) is 5.02 Å². The molecule has 0 saturated heterocycles. The molecule has 1 aromatic carbocycles. The number of halogens is 1. The van der Waals surface area contributed by atoms with Gasteiger partial charge in [-0.3, -0.25) is 0 Å². The van der Waals surface area contributed by atoms with Crippen molar-refractivity contribution >= 4 is 17.7 Å². The SMILES string of the molecule is CC(C)(NC(=O)O)c1ncc(-c2ccc(Cl)cc2)[nH]1. The van der Waals surface area contributed by atoms with Gasteiger partial charge >= 0.3 is 6.09 Å². The Morgan fingerprint density at radius 2 is 2.00 bits per heavy atom. The molecule has 0 saturated carbocycles. The molecule has 6 heteroatoms. The molecule has 5 nitrogen and oxygen atoms in total. The number of benzene rings is 1. The van der Waals surface area contributed by atoms with Gasteiger partial charge in [-0.25, -0.2) is 9.78 Å². The maximum Gasteiger partial charge on any atom is 0.405 e. The predicted molar refractivity (Wildman–Crippen MR) is 73.2 cm³/mol. The average Bonchev–Trinajstić information content (AvgIpc) is 2.78. The monoisotopic (exact) mass is 279 g/mol. The lowest BCUT2D eigenvalue weighted by atomic mass is 10.1. The molecule has 0 bridgehead atoms. The number of nitrogens with zero attached hydrogens (tertiary/aromatic N) is 1. The van der Waals surface area contributed by atoms with Crippen molar-refractivity contribution in [3.05, 3.63) is 41.3 Å². The van der Waals surface area contributed by atoms with Crippen molar-refractivity contribution in [2.75, 3.05) is 0 Å². The fraction of sp³-hybridized carbons (Fsp3) is 0.231. The Morgan fingerprint density at radius 1 is 1.37 bits per heavy atom. The predicted octanol–water partition coefficient (Wildman–Crippen LogP) is 3.23. The summed E-state index contributed by atoms with van der Waals surface area (Å²) in [4.78, 5) is 18.1. The second-order valence-corrected chi connectivity index (χ2v) is 5.14. The summed E-state index contributed by atoms with van der Waals surface area (Å²) in [5.41, 5.74) is 0.970. The molecule has 1 aromatic heterocycles. The van der Waals surface area contributed by atoms with Crippen molar-refractivity contribution in [3.8, 4) is 11.3 Å². The Kier molecular flexibility index (Phi) is 3.48. The van der Waals surface area contributed by atoms with Crippen LogP contribution in [-0.4, -0.2) is 21.2 Å². The van der Waals surface area contributed by atoms with Gasteiger partial charge in [-0.05, 0) is 31.5 Å². The normalized spacial score (nSPS) is 11.3. The highest BCUT2D eigenvalue weighted by Gasteiger charge is 2.26. The number of carbonyl (C=O) groups is 1. The summed E-state index contributed by atoms with van der Waals surface area (Å²) < 4.78 is 0. The van der Waals surface area contributed by atoms with Gasteiger partial charge in [-0.2, -0.15) is 0 Å². The van der Waals surface area contributed by atoms with E-state index in [0.29, 0.717) is 10.8 Å². The lowest BCUT2D eigenvalue weighted by molar-refractivity contribution is 0.181. The molecule has 3 N–H and O–H groups in total. The number of imidazole rings is 1. The van der Waals surface area contributed by atoms with Crippen LogP contribution in [0.25, 0.3) is 11.3 Å². The first-order valence-corrected chi connectivity index (χ1v) is 6.09. The molecule has 2 aromatic rings. The number of amides is 1. The topological polar surface area (TPSA) is 78.0 Å². The van der Waals surface area contributed by atoms with Crippen LogP contribution in [0.1, 0.15) is 19.7 Å². The van der Waals surface area contributed by atoms with Crippen LogP contribution >= 0.6 is 11.6 Å². The lowest BCUT2D eigenvalue weighted by Gasteiger charge is -2.21. The van der Waals surface area contributed by atoms with E-state index >= 15 is 0 Å². The van der Waals surface area contributed by atoms with E-state index in [4.69, 9.17) is 16.7 Å². The first-order chi connectivity index (χ1) is 8.88. The highest BCUT2D eigenvalue weighted by atomic mass is 35.5. The minimum absolute atomic E-state index is 0.555. The van der Waals surface area contributed by atoms with Gasteiger partial charge in [-0.1, -0.05) is 23.7 Å². The van der Waals surface area contributed by atoms with Crippen LogP contribution in [0.3, 0.4) is 0 Å². The van der Waals surface area contributed by atoms with Crippen molar-refractivity contribution < 1.29 is 9.90 Å². The zero-order valence-corrected chi connectivity index (χ0v) is 11.3. The molecular weight excluding hydrogens is 266 g/mol. The van der Waals surface area contributed by atoms with Crippen LogP contribution in [0.2, 0.25) is 5.02 Å². The maximum absolute atomic E-state index is 10.7. The van der Waals surface area contributed by atoms with Crippen molar-refractivity contribution in [1.29, 1.82) is 0 Å². The molecule has 0 aliphatic heterocycles. The molecule has 1 heterocycles. The van der Waals surface area contributed by atoms with Gasteiger partial charge in [0.1, 0.15) is 5.82 Å². The van der Waals surface area contributed by atoms with E-state index in [0.717, 1.165) is 11.3 Å². The number of hydrogen-bond donors (Lipinski definition) is 3. The van der Waals surface area contributed by atoms with Crippen molar-refractivity contribution in [1.82, 2.24) is 15.3 Å². The van der Waals surface area contributed by atoms with Crippen LogP contribution in [-0.2, 0) is 5.54 Å². The standard InChI is InChI=1S/C13H14ClN3O2/c1-13(2,17-12(18)19)11-15-7-10(16-11)8-3-5-9(14)6-4-8/h3-7,17H,1-2H3,(H,15,16)(H,18,19). The fourth-order valence-corrected chi connectivity index (χ4v) is 1.87. The number of H-pyrrole nitrogens is 1. The number of rotatable bonds is 3. The van der Waals surface area contributed by atoms with E-state index in [1.807, 2.05) is 12.1 Å². The third kappa shape index (κ3) is 3.06. The van der Waals surface area contributed by atoms with Crippen molar-refractivity contribution in [3.63, 3.8) is 0 Å². The van der Waals surface area contributed by atoms with E-state index < -0.39 is 11.6 Å². The van der Waals surface area contributed by atoms with Crippen LogP contribution in [0.15, 0.2) is 30.5 Å². The van der Waals surface area contributed by atoms with Crippen molar-refractivity contribution in [2.24, 2.45) is 0 Å². The van der Waals surface area contributed by atoms with Crippen LogP contribution in [0.4, 0.5) is 4.79 Å². The fourth-order valence-electron chi connectivity index (χ4n) is 1.74. The smallest absolute Gasteiger partial charge is 0.405 e. The minimum atomic E-state index is -1.09. The molecule has 100 valence electrons. The van der Waals surface area contributed by atoms with E-state index in [-0.39, 0.29) is 0 Å². The molecule has 2 rings (SSSR count). The Bertz CT molecular complexity index is 590. The first-order valence-electron chi connectivity index (χ1n) is 5.71. The van der Waals surface area contributed by atoms with Gasteiger partial charge < -0.3 is 15.4 Å². The third-order valence-corrected chi connectivity index (χ3v) is 2.99. The highest BCUT2D eigenvalue weighted by molar-refractivity contribution is 6.30. The summed E-state index contributed by atoms with van der Waals surface area (Å²) in [6.45, 7) is 3.48. The van der Waals surface area contributed by atoms with Gasteiger partial charge in [0.05, 0.1) is 17.4 Å². The summed E-state index contributed by atoms with van der Waals surface area (Å²) in [6, 6.07) is 7.32. The number of aromatic amines is 1. The zero-order chi connectivity index (χ0) is 14.0. The number of aromatic nitrogens is 2. The van der Waals surface area contributed by atoms with E-state index in [2.05, 4.69) is 15.3 Å². The quantitative estimate of drug-likeness (QED) is 0.807. The second-order valence-electron chi connectivity index (χ2n) is 4.71. The first kappa shape index (κ1) is 13.4. The van der Waals surface area contributed by atoms with Gasteiger partial charge in [0.15, 0.2) is 0 Å². The summed E-state index contributed by atoms with van der Waals surface area (Å²) in [6.07, 6.45) is 0.582. The van der Waals surface area contributed by atoms with Crippen LogP contribution < -0.4 is 5.32 Å². The van der Waals surface area contributed by atoms with Gasteiger partial charge in [-0.15, -0.1) is 0 Å². The molecule has 0 aliphatic rings. The summed E-state index contributed by atoms with van der Waals surface area (Å²) in [5, 5.41) is 11.9. The molecule has 19 heavy (non-hydrogen) atoms. The maximum atomic E-state index is 10.7. The molecule has 0 aliphatic carbocycles. The molecule has 0 radical (unpaired) electrons. The van der Waals surface area contributed by atoms with E-state index in [9.17, 15) is 4.79 Å². The van der Waals surface area contributed by atoms with Crippen LogP contribution in [0, 0.1) is 0 Å².